The second kappa shape index (κ2) is 6.24. The molecule has 1 aliphatic rings. The zero-order valence-electron chi connectivity index (χ0n) is 12.6. The van der Waals surface area contributed by atoms with E-state index in [0.717, 1.165) is 55.8 Å². The van der Waals surface area contributed by atoms with Gasteiger partial charge in [-0.05, 0) is 43.0 Å². The fourth-order valence-electron chi connectivity index (χ4n) is 2.60. The first-order valence-corrected chi connectivity index (χ1v) is 9.00. The summed E-state index contributed by atoms with van der Waals surface area (Å²) < 4.78 is 23.9. The van der Waals surface area contributed by atoms with Crippen molar-refractivity contribution in [2.24, 2.45) is 0 Å². The topological polar surface area (TPSA) is 49.4 Å². The molecule has 0 atom stereocenters. The molecule has 0 saturated carbocycles. The van der Waals surface area contributed by atoms with Gasteiger partial charge < -0.3 is 10.2 Å². The molecule has 2 rings (SSSR count). The van der Waals surface area contributed by atoms with Gasteiger partial charge in [-0.2, -0.15) is 0 Å². The van der Waals surface area contributed by atoms with Crippen LogP contribution in [0.4, 0.5) is 0 Å². The van der Waals surface area contributed by atoms with Crippen LogP contribution in [-0.2, 0) is 16.3 Å². The molecule has 1 aromatic carbocycles. The minimum atomic E-state index is -3.16. The average Bonchev–Trinajstić information content (AvgIpc) is 2.39. The predicted molar refractivity (Wildman–Crippen MR) is 82.0 cm³/mol. The summed E-state index contributed by atoms with van der Waals surface area (Å²) in [7, 11) is -3.16. The molecule has 4 nitrogen and oxygen atoms in total. The number of hydrogen-bond donors (Lipinski definition) is 1. The number of piperazine rings is 1. The van der Waals surface area contributed by atoms with Crippen LogP contribution in [0.5, 0.6) is 0 Å². The zero-order chi connectivity index (χ0) is 14.8. The maximum atomic E-state index is 11.9. The number of rotatable bonds is 4. The van der Waals surface area contributed by atoms with Crippen LogP contribution in [0, 0.1) is 13.8 Å². The predicted octanol–water partition coefficient (Wildman–Crippen LogP) is 1.15. The lowest BCUT2D eigenvalue weighted by atomic mass is 10.0. The van der Waals surface area contributed by atoms with E-state index >= 15 is 0 Å². The first kappa shape index (κ1) is 15.5. The van der Waals surface area contributed by atoms with E-state index in [-0.39, 0.29) is 0 Å². The number of hydrogen-bond acceptors (Lipinski definition) is 4. The van der Waals surface area contributed by atoms with Gasteiger partial charge in [0.25, 0.3) is 0 Å². The fraction of sp³-hybridized carbons (Fsp3) is 0.600. The number of aryl methyl sites for hydroxylation is 2. The largest absolute Gasteiger partial charge is 0.314 e. The van der Waals surface area contributed by atoms with Crippen molar-refractivity contribution in [2.75, 3.05) is 39.0 Å². The highest BCUT2D eigenvalue weighted by Crippen LogP contribution is 2.21. The van der Waals surface area contributed by atoms with Crippen LogP contribution in [0.1, 0.15) is 16.7 Å². The molecule has 0 aliphatic carbocycles. The minimum absolute atomic E-state index is 0.496. The summed E-state index contributed by atoms with van der Waals surface area (Å²) in [5, 5.41) is 3.33. The lowest BCUT2D eigenvalue weighted by Gasteiger charge is -2.27. The van der Waals surface area contributed by atoms with Crippen LogP contribution in [0.15, 0.2) is 17.0 Å². The van der Waals surface area contributed by atoms with Crippen molar-refractivity contribution in [2.45, 2.75) is 25.2 Å². The van der Waals surface area contributed by atoms with Gasteiger partial charge >= 0.3 is 0 Å². The summed E-state index contributed by atoms with van der Waals surface area (Å²) in [5.41, 5.74) is 3.15. The van der Waals surface area contributed by atoms with Gasteiger partial charge in [0.15, 0.2) is 9.84 Å². The summed E-state index contributed by atoms with van der Waals surface area (Å²) >= 11 is 0. The molecule has 1 N–H and O–H groups in total. The summed E-state index contributed by atoms with van der Waals surface area (Å²) in [5.74, 6) is 0. The molecule has 1 fully saturated rings. The molecule has 1 heterocycles. The third-order valence-electron chi connectivity index (χ3n) is 3.98. The lowest BCUT2D eigenvalue weighted by Crippen LogP contribution is -2.44. The van der Waals surface area contributed by atoms with Crippen molar-refractivity contribution in [3.8, 4) is 0 Å². The Morgan fingerprint density at radius 3 is 2.35 bits per heavy atom. The van der Waals surface area contributed by atoms with Gasteiger partial charge in [-0.1, -0.05) is 6.07 Å². The van der Waals surface area contributed by atoms with Crippen LogP contribution in [0.25, 0.3) is 0 Å². The van der Waals surface area contributed by atoms with Crippen LogP contribution < -0.4 is 5.32 Å². The van der Waals surface area contributed by atoms with Crippen molar-refractivity contribution in [3.63, 3.8) is 0 Å². The summed E-state index contributed by atoms with van der Waals surface area (Å²) in [4.78, 5) is 2.88. The molecule has 0 spiro atoms. The Bertz CT molecular complexity index is 576. The molecule has 112 valence electrons. The average molecular weight is 296 g/mol. The van der Waals surface area contributed by atoms with E-state index in [0.29, 0.717) is 4.90 Å². The van der Waals surface area contributed by atoms with Gasteiger partial charge in [-0.3, -0.25) is 0 Å². The molecule has 5 heteroatoms. The molecule has 1 aromatic rings. The molecule has 1 aliphatic heterocycles. The summed E-state index contributed by atoms with van der Waals surface area (Å²) in [6.07, 6.45) is 2.09. The molecule has 20 heavy (non-hydrogen) atoms. The van der Waals surface area contributed by atoms with Gasteiger partial charge in [0, 0.05) is 39.0 Å². The van der Waals surface area contributed by atoms with Gasteiger partial charge in [0.1, 0.15) is 0 Å². The van der Waals surface area contributed by atoms with E-state index in [4.69, 9.17) is 0 Å². The Morgan fingerprint density at radius 2 is 1.75 bits per heavy atom. The number of nitrogens with one attached hydrogen (secondary N) is 1. The molecular weight excluding hydrogens is 272 g/mol. The Labute approximate surface area is 122 Å². The fourth-order valence-corrected chi connectivity index (χ4v) is 3.63. The second-order valence-electron chi connectivity index (χ2n) is 5.66. The van der Waals surface area contributed by atoms with E-state index < -0.39 is 9.84 Å². The van der Waals surface area contributed by atoms with E-state index in [1.165, 1.54) is 6.26 Å². The van der Waals surface area contributed by atoms with Crippen molar-refractivity contribution in [1.82, 2.24) is 10.2 Å². The summed E-state index contributed by atoms with van der Waals surface area (Å²) in [6, 6.07) is 3.85. The zero-order valence-corrected chi connectivity index (χ0v) is 13.4. The van der Waals surface area contributed by atoms with Gasteiger partial charge in [0.2, 0.25) is 0 Å². The Balaban J connectivity index is 2.19. The Morgan fingerprint density at radius 1 is 1.15 bits per heavy atom. The van der Waals surface area contributed by atoms with Gasteiger partial charge in [0.05, 0.1) is 4.90 Å². The molecule has 0 radical (unpaired) electrons. The highest BCUT2D eigenvalue weighted by Gasteiger charge is 2.16. The lowest BCUT2D eigenvalue weighted by molar-refractivity contribution is 0.243. The Hall–Kier alpha value is -0.910. The molecule has 0 amide bonds. The molecule has 0 aromatic heterocycles. The maximum absolute atomic E-state index is 11.9. The first-order chi connectivity index (χ1) is 9.38. The molecule has 0 unspecified atom stereocenters. The Kier molecular flexibility index (Phi) is 4.83. The standard InChI is InChI=1S/C15H24N2O2S/c1-12-10-14(4-7-17-8-5-16-6-9-17)15(11-13(12)2)20(3,18)19/h10-11,16H,4-9H2,1-3H3. The van der Waals surface area contributed by atoms with Crippen LogP contribution in [-0.4, -0.2) is 52.3 Å². The number of nitrogens with zero attached hydrogens (tertiary/aromatic N) is 1. The molecular formula is C15H24N2O2S. The number of benzene rings is 1. The van der Waals surface area contributed by atoms with Crippen molar-refractivity contribution in [1.29, 1.82) is 0 Å². The maximum Gasteiger partial charge on any atom is 0.175 e. The van der Waals surface area contributed by atoms with E-state index in [9.17, 15) is 8.42 Å². The normalized spacial score (nSPS) is 17.4. The van der Waals surface area contributed by atoms with Crippen LogP contribution in [0.2, 0.25) is 0 Å². The second-order valence-corrected chi connectivity index (χ2v) is 7.64. The molecule has 1 saturated heterocycles. The third kappa shape index (κ3) is 3.81. The third-order valence-corrected chi connectivity index (χ3v) is 5.16. The monoisotopic (exact) mass is 296 g/mol. The van der Waals surface area contributed by atoms with E-state index in [2.05, 4.69) is 10.2 Å². The SMILES string of the molecule is Cc1cc(CCN2CCNCC2)c(S(C)(=O)=O)cc1C. The minimum Gasteiger partial charge on any atom is -0.314 e. The summed E-state index contributed by atoms with van der Waals surface area (Å²) in [6.45, 7) is 9.04. The van der Waals surface area contributed by atoms with Crippen LogP contribution >= 0.6 is 0 Å². The quantitative estimate of drug-likeness (QED) is 0.906. The van der Waals surface area contributed by atoms with Crippen molar-refractivity contribution >= 4 is 9.84 Å². The number of sulfone groups is 1. The van der Waals surface area contributed by atoms with Gasteiger partial charge in [-0.25, -0.2) is 8.42 Å². The molecule has 0 bridgehead atoms. The highest BCUT2D eigenvalue weighted by molar-refractivity contribution is 7.90. The highest BCUT2D eigenvalue weighted by atomic mass is 32.2. The van der Waals surface area contributed by atoms with E-state index in [1.54, 1.807) is 0 Å². The van der Waals surface area contributed by atoms with E-state index in [1.807, 2.05) is 26.0 Å². The smallest absolute Gasteiger partial charge is 0.175 e. The van der Waals surface area contributed by atoms with Crippen LogP contribution in [0.3, 0.4) is 0 Å². The van der Waals surface area contributed by atoms with Crippen molar-refractivity contribution < 1.29 is 8.42 Å². The van der Waals surface area contributed by atoms with Crippen molar-refractivity contribution in [3.05, 3.63) is 28.8 Å². The first-order valence-electron chi connectivity index (χ1n) is 7.11. The van der Waals surface area contributed by atoms with Gasteiger partial charge in [-0.15, -0.1) is 0 Å².